The Morgan fingerprint density at radius 3 is 2.69 bits per heavy atom. The lowest BCUT2D eigenvalue weighted by Gasteiger charge is -2.32. The Bertz CT molecular complexity index is 784. The quantitative estimate of drug-likeness (QED) is 0.297. The van der Waals surface area contributed by atoms with Crippen molar-refractivity contribution in [1.82, 2.24) is 20.5 Å². The highest BCUT2D eigenvalue weighted by Crippen LogP contribution is 2.22. The van der Waals surface area contributed by atoms with E-state index in [0.717, 1.165) is 38.2 Å². The molecule has 0 spiro atoms. The van der Waals surface area contributed by atoms with Crippen LogP contribution >= 0.6 is 24.0 Å². The predicted octanol–water partition coefficient (Wildman–Crippen LogP) is 3.79. The summed E-state index contributed by atoms with van der Waals surface area (Å²) < 4.78 is 25.0. The number of aromatic nitrogens is 1. The molecule has 8 heteroatoms. The lowest BCUT2D eigenvalue weighted by molar-refractivity contribution is 0.0744. The molecule has 0 atom stereocenters. The highest BCUT2D eigenvalue weighted by atomic mass is 127. The van der Waals surface area contributed by atoms with Crippen LogP contribution in [0.3, 0.4) is 0 Å². The summed E-state index contributed by atoms with van der Waals surface area (Å²) in [5.74, 6) is 0.779. The number of para-hydroxylation sites is 1. The highest BCUT2D eigenvalue weighted by Gasteiger charge is 2.21. The number of aryl methyl sites for hydroxylation is 1. The molecule has 29 heavy (non-hydrogen) atoms. The van der Waals surface area contributed by atoms with Gasteiger partial charge in [-0.3, -0.25) is 9.89 Å². The topological polar surface area (TPSA) is 55.5 Å². The Hall–Kier alpha value is -1.42. The number of H-pyrrole nitrogens is 1. The van der Waals surface area contributed by atoms with Gasteiger partial charge in [-0.2, -0.15) is 0 Å². The maximum Gasteiger partial charge on any atom is 0.251 e. The Balaban J connectivity index is 0.00000300. The molecule has 0 saturated carbocycles. The fourth-order valence-electron chi connectivity index (χ4n) is 3.94. The minimum absolute atomic E-state index is 0. The number of hydrogen-bond acceptors (Lipinski definition) is 2. The summed E-state index contributed by atoms with van der Waals surface area (Å²) in [5, 5.41) is 8.10. The van der Waals surface area contributed by atoms with E-state index in [0.29, 0.717) is 13.1 Å². The molecule has 3 rings (SSSR count). The average Bonchev–Trinajstić information content (AvgIpc) is 3.11. The van der Waals surface area contributed by atoms with Gasteiger partial charge in [0, 0.05) is 49.8 Å². The van der Waals surface area contributed by atoms with Crippen LogP contribution in [0.1, 0.15) is 30.9 Å². The maximum atomic E-state index is 12.5. The number of benzene rings is 1. The molecule has 0 unspecified atom stereocenters. The van der Waals surface area contributed by atoms with Gasteiger partial charge in [-0.1, -0.05) is 25.1 Å². The van der Waals surface area contributed by atoms with Crippen LogP contribution in [0.2, 0.25) is 0 Å². The first-order valence-electron chi connectivity index (χ1n) is 10.2. The van der Waals surface area contributed by atoms with Crippen molar-refractivity contribution in [3.63, 3.8) is 0 Å². The third-order valence-electron chi connectivity index (χ3n) is 5.50. The summed E-state index contributed by atoms with van der Waals surface area (Å²) in [7, 11) is 1.76. The Morgan fingerprint density at radius 2 is 2.03 bits per heavy atom. The van der Waals surface area contributed by atoms with Gasteiger partial charge < -0.3 is 15.6 Å². The van der Waals surface area contributed by atoms with Crippen LogP contribution in [0.5, 0.6) is 0 Å². The lowest BCUT2D eigenvalue weighted by atomic mass is 10.1. The third kappa shape index (κ3) is 6.53. The van der Waals surface area contributed by atoms with Gasteiger partial charge in [-0.05, 0) is 36.8 Å². The van der Waals surface area contributed by atoms with Gasteiger partial charge in [-0.15, -0.1) is 24.0 Å². The number of likely N-dealkylation sites (tertiary alicyclic amines) is 1. The van der Waals surface area contributed by atoms with Crippen LogP contribution in [-0.4, -0.2) is 61.5 Å². The van der Waals surface area contributed by atoms with E-state index < -0.39 is 6.43 Å². The summed E-state index contributed by atoms with van der Waals surface area (Å²) in [5.41, 5.74) is 3.87. The zero-order valence-corrected chi connectivity index (χ0v) is 19.5. The molecule has 1 aromatic carbocycles. The minimum atomic E-state index is -2.25. The van der Waals surface area contributed by atoms with Gasteiger partial charge in [0.1, 0.15) is 0 Å². The van der Waals surface area contributed by atoms with Crippen LogP contribution in [0.15, 0.2) is 29.4 Å². The summed E-state index contributed by atoms with van der Waals surface area (Å²) >= 11 is 0. The van der Waals surface area contributed by atoms with Crippen LogP contribution in [-0.2, 0) is 12.8 Å². The molecule has 2 aromatic rings. The van der Waals surface area contributed by atoms with Crippen LogP contribution in [0.25, 0.3) is 10.9 Å². The van der Waals surface area contributed by atoms with E-state index >= 15 is 0 Å². The van der Waals surface area contributed by atoms with E-state index in [4.69, 9.17) is 0 Å². The van der Waals surface area contributed by atoms with E-state index in [1.54, 1.807) is 7.05 Å². The largest absolute Gasteiger partial charge is 0.361 e. The van der Waals surface area contributed by atoms with Gasteiger partial charge in [-0.25, -0.2) is 8.78 Å². The molecule has 0 bridgehead atoms. The molecule has 1 aliphatic heterocycles. The Kier molecular flexibility index (Phi) is 9.61. The van der Waals surface area contributed by atoms with Gasteiger partial charge in [0.15, 0.2) is 5.96 Å². The van der Waals surface area contributed by atoms with Gasteiger partial charge in [0.2, 0.25) is 0 Å². The number of halogens is 3. The fourth-order valence-corrected chi connectivity index (χ4v) is 3.94. The van der Waals surface area contributed by atoms with Gasteiger partial charge in [0.05, 0.1) is 6.54 Å². The summed E-state index contributed by atoms with van der Waals surface area (Å²) in [4.78, 5) is 9.56. The molecule has 0 aliphatic carbocycles. The van der Waals surface area contributed by atoms with Gasteiger partial charge >= 0.3 is 0 Å². The molecule has 162 valence electrons. The van der Waals surface area contributed by atoms with Crippen molar-refractivity contribution in [2.45, 2.75) is 45.1 Å². The van der Waals surface area contributed by atoms with E-state index in [1.165, 1.54) is 22.0 Å². The molecule has 1 fully saturated rings. The molecule has 0 amide bonds. The first-order valence-corrected chi connectivity index (χ1v) is 10.2. The average molecular weight is 519 g/mol. The Labute approximate surface area is 188 Å². The van der Waals surface area contributed by atoms with E-state index in [2.05, 4.69) is 51.9 Å². The molecular weight excluding hydrogens is 487 g/mol. The second-order valence-electron chi connectivity index (χ2n) is 7.37. The minimum Gasteiger partial charge on any atom is -0.361 e. The maximum absolute atomic E-state index is 12.5. The molecular formula is C21H32F2IN5. The Morgan fingerprint density at radius 1 is 1.28 bits per heavy atom. The van der Waals surface area contributed by atoms with Gasteiger partial charge in [0.25, 0.3) is 6.43 Å². The number of guanidine groups is 1. The molecule has 1 aromatic heterocycles. The number of alkyl halides is 2. The summed E-state index contributed by atoms with van der Waals surface area (Å²) in [6, 6.07) is 6.73. The normalized spacial score (nSPS) is 16.2. The van der Waals surface area contributed by atoms with E-state index in [1.807, 2.05) is 4.90 Å². The number of nitrogens with zero attached hydrogens (tertiary/aromatic N) is 2. The van der Waals surface area contributed by atoms with Crippen LogP contribution in [0, 0.1) is 0 Å². The number of fused-ring (bicyclic) bond motifs is 1. The molecule has 1 saturated heterocycles. The van der Waals surface area contributed by atoms with Crippen LogP contribution < -0.4 is 10.6 Å². The zero-order chi connectivity index (χ0) is 19.9. The fraction of sp³-hybridized carbons (Fsp3) is 0.571. The molecule has 1 aliphatic rings. The first kappa shape index (κ1) is 23.9. The molecule has 3 N–H and O–H groups in total. The van der Waals surface area contributed by atoms with Crippen LogP contribution in [0.4, 0.5) is 8.78 Å². The smallest absolute Gasteiger partial charge is 0.251 e. The number of hydrogen-bond donors (Lipinski definition) is 3. The first-order chi connectivity index (χ1) is 13.6. The van der Waals surface area contributed by atoms with Crippen molar-refractivity contribution >= 4 is 40.8 Å². The van der Waals surface area contributed by atoms with Crippen molar-refractivity contribution < 1.29 is 8.78 Å². The standard InChI is InChI=1S/C21H31F2N5.HI/c1-3-15-5-4-6-18-16(13-26-20(15)18)7-10-25-21(24-2)27-17-8-11-28(12-9-17)14-19(22)23;/h4-6,13,17,19,26H,3,7-12,14H2,1-2H3,(H2,24,25,27);1H. The number of rotatable bonds is 7. The second kappa shape index (κ2) is 11.7. The SMILES string of the molecule is CCc1cccc2c(CCNC(=NC)NC3CCN(CC(F)F)CC3)c[nH]c12.I. The van der Waals surface area contributed by atoms with Crippen molar-refractivity contribution in [2.75, 3.05) is 33.2 Å². The van der Waals surface area contributed by atoms with Crippen molar-refractivity contribution in [3.8, 4) is 0 Å². The number of piperidine rings is 1. The third-order valence-corrected chi connectivity index (χ3v) is 5.50. The number of aromatic amines is 1. The highest BCUT2D eigenvalue weighted by molar-refractivity contribution is 14.0. The summed E-state index contributed by atoms with van der Waals surface area (Å²) in [6.07, 6.45) is 3.48. The van der Waals surface area contributed by atoms with E-state index in [9.17, 15) is 8.78 Å². The molecule has 0 radical (unpaired) electrons. The van der Waals surface area contributed by atoms with Crippen molar-refractivity contribution in [2.24, 2.45) is 4.99 Å². The second-order valence-corrected chi connectivity index (χ2v) is 7.37. The molecule has 5 nitrogen and oxygen atoms in total. The zero-order valence-electron chi connectivity index (χ0n) is 17.2. The van der Waals surface area contributed by atoms with Crippen molar-refractivity contribution in [1.29, 1.82) is 0 Å². The number of aliphatic imine (C=N–C) groups is 1. The van der Waals surface area contributed by atoms with E-state index in [-0.39, 0.29) is 36.6 Å². The monoisotopic (exact) mass is 519 g/mol. The number of nitrogens with one attached hydrogen (secondary N) is 3. The summed E-state index contributed by atoms with van der Waals surface area (Å²) in [6.45, 7) is 4.24. The predicted molar refractivity (Wildman–Crippen MR) is 127 cm³/mol. The van der Waals surface area contributed by atoms with Crippen molar-refractivity contribution in [3.05, 3.63) is 35.5 Å². The molecule has 2 heterocycles. The lowest BCUT2D eigenvalue weighted by Crippen LogP contribution is -2.49.